The summed E-state index contributed by atoms with van der Waals surface area (Å²) in [6.45, 7) is 4.18. The van der Waals surface area contributed by atoms with Crippen molar-refractivity contribution in [1.82, 2.24) is 10.3 Å². The van der Waals surface area contributed by atoms with Crippen molar-refractivity contribution in [2.75, 3.05) is 7.11 Å². The molecule has 1 heterocycles. The standard InChI is InChI=1S/C28H38N2O2/c1-4-22(17-21-8-6-5-7-9-21)25-18-26(25)30-23-13-10-20(11-14-23)12-15-24-27(32-3)16-19(2)29-28(24)31/h5-9,16-17,20,23,25-26,30H,4,10-15,18H2,1-3H3,(H,29,31)/b22-17+/t20?,23?,25-,26+/m0/s1. The second kappa shape index (κ2) is 10.5. The minimum absolute atomic E-state index is 0.00673. The van der Waals surface area contributed by atoms with Crippen molar-refractivity contribution in [2.45, 2.75) is 77.3 Å². The van der Waals surface area contributed by atoms with Crippen molar-refractivity contribution in [2.24, 2.45) is 11.8 Å². The lowest BCUT2D eigenvalue weighted by molar-refractivity contribution is 0.276. The van der Waals surface area contributed by atoms with Crippen LogP contribution in [0.3, 0.4) is 0 Å². The average Bonchev–Trinajstić information content (AvgIpc) is 3.56. The van der Waals surface area contributed by atoms with Gasteiger partial charge in [-0.3, -0.25) is 4.79 Å². The third kappa shape index (κ3) is 5.72. The maximum Gasteiger partial charge on any atom is 0.255 e. The fourth-order valence-corrected chi connectivity index (χ4v) is 5.40. The van der Waals surface area contributed by atoms with Gasteiger partial charge < -0.3 is 15.0 Å². The summed E-state index contributed by atoms with van der Waals surface area (Å²) < 4.78 is 5.46. The maximum atomic E-state index is 12.3. The Bertz CT molecular complexity index is 971. The summed E-state index contributed by atoms with van der Waals surface area (Å²) in [7, 11) is 1.65. The molecule has 0 unspecified atom stereocenters. The Balaban J connectivity index is 1.23. The van der Waals surface area contributed by atoms with Crippen LogP contribution in [0.15, 0.2) is 46.8 Å². The molecule has 0 radical (unpaired) electrons. The second-order valence-electron chi connectivity index (χ2n) is 9.68. The summed E-state index contributed by atoms with van der Waals surface area (Å²) in [5, 5.41) is 3.96. The number of H-pyrrole nitrogens is 1. The van der Waals surface area contributed by atoms with Crippen LogP contribution >= 0.6 is 0 Å². The highest BCUT2D eigenvalue weighted by molar-refractivity contribution is 5.54. The number of pyridine rings is 1. The van der Waals surface area contributed by atoms with Gasteiger partial charge in [0, 0.05) is 17.8 Å². The zero-order chi connectivity index (χ0) is 22.5. The zero-order valence-electron chi connectivity index (χ0n) is 19.8. The fourth-order valence-electron chi connectivity index (χ4n) is 5.40. The Morgan fingerprint density at radius 1 is 1.19 bits per heavy atom. The van der Waals surface area contributed by atoms with Crippen molar-refractivity contribution in [3.63, 3.8) is 0 Å². The molecule has 4 nitrogen and oxygen atoms in total. The molecule has 0 amide bonds. The van der Waals surface area contributed by atoms with Crippen LogP contribution in [0.25, 0.3) is 6.08 Å². The van der Waals surface area contributed by atoms with Crippen LogP contribution in [0.5, 0.6) is 5.75 Å². The SMILES string of the molecule is CC/C(=C\c1ccccc1)[C@@H]1C[C@H]1NC1CCC(CCc2c(OC)cc(C)[nH]c2=O)CC1. The molecule has 2 fully saturated rings. The number of methoxy groups -OCH3 is 1. The molecule has 4 heteroatoms. The molecule has 2 atom stereocenters. The molecule has 0 spiro atoms. The van der Waals surface area contributed by atoms with Crippen LogP contribution in [-0.4, -0.2) is 24.2 Å². The number of nitrogens with one attached hydrogen (secondary N) is 2. The molecule has 32 heavy (non-hydrogen) atoms. The zero-order valence-corrected chi connectivity index (χ0v) is 19.8. The fraction of sp³-hybridized carbons (Fsp3) is 0.536. The highest BCUT2D eigenvalue weighted by atomic mass is 16.5. The lowest BCUT2D eigenvalue weighted by Gasteiger charge is -2.29. The minimum atomic E-state index is 0.00673. The van der Waals surface area contributed by atoms with E-state index in [1.165, 1.54) is 37.7 Å². The van der Waals surface area contributed by atoms with Gasteiger partial charge in [-0.15, -0.1) is 0 Å². The van der Waals surface area contributed by atoms with E-state index in [1.807, 2.05) is 13.0 Å². The van der Waals surface area contributed by atoms with Gasteiger partial charge in [0.05, 0.1) is 12.7 Å². The quantitative estimate of drug-likeness (QED) is 0.536. The predicted molar refractivity (Wildman–Crippen MR) is 132 cm³/mol. The van der Waals surface area contributed by atoms with Gasteiger partial charge >= 0.3 is 0 Å². The monoisotopic (exact) mass is 434 g/mol. The smallest absolute Gasteiger partial charge is 0.255 e. The van der Waals surface area contributed by atoms with E-state index in [0.29, 0.717) is 23.9 Å². The van der Waals surface area contributed by atoms with Crippen LogP contribution in [-0.2, 0) is 6.42 Å². The van der Waals surface area contributed by atoms with Gasteiger partial charge in [-0.1, -0.05) is 48.9 Å². The Labute approximate surface area is 192 Å². The molecule has 4 rings (SSSR count). The molecule has 1 aromatic carbocycles. The highest BCUT2D eigenvalue weighted by Gasteiger charge is 2.40. The molecule has 2 aliphatic carbocycles. The van der Waals surface area contributed by atoms with Crippen molar-refractivity contribution in [3.05, 3.63) is 69.1 Å². The van der Waals surface area contributed by atoms with Crippen molar-refractivity contribution in [3.8, 4) is 5.75 Å². The Kier molecular flexibility index (Phi) is 7.51. The van der Waals surface area contributed by atoms with Gasteiger partial charge in [0.2, 0.25) is 0 Å². The lowest BCUT2D eigenvalue weighted by Crippen LogP contribution is -2.35. The Morgan fingerprint density at radius 3 is 2.62 bits per heavy atom. The van der Waals surface area contributed by atoms with E-state index in [4.69, 9.17) is 4.74 Å². The predicted octanol–water partition coefficient (Wildman–Crippen LogP) is 5.66. The summed E-state index contributed by atoms with van der Waals surface area (Å²) in [4.78, 5) is 15.3. The molecule has 0 aliphatic heterocycles. The van der Waals surface area contributed by atoms with Gasteiger partial charge in [-0.05, 0) is 81.8 Å². The van der Waals surface area contributed by atoms with Gasteiger partial charge in [0.1, 0.15) is 5.75 Å². The molecule has 2 saturated carbocycles. The minimum Gasteiger partial charge on any atom is -0.496 e. The van der Waals surface area contributed by atoms with E-state index in [2.05, 4.69) is 53.6 Å². The number of rotatable bonds is 9. The second-order valence-corrected chi connectivity index (χ2v) is 9.68. The molecule has 2 aliphatic rings. The molecule has 0 bridgehead atoms. The van der Waals surface area contributed by atoms with E-state index >= 15 is 0 Å². The topological polar surface area (TPSA) is 54.1 Å². The van der Waals surface area contributed by atoms with Crippen molar-refractivity contribution >= 4 is 6.08 Å². The molecule has 0 saturated heterocycles. The number of hydrogen-bond donors (Lipinski definition) is 2. The third-order valence-corrected chi connectivity index (χ3v) is 7.38. The highest BCUT2D eigenvalue weighted by Crippen LogP contribution is 2.41. The first-order valence-corrected chi connectivity index (χ1v) is 12.4. The van der Waals surface area contributed by atoms with Crippen LogP contribution in [0, 0.1) is 18.8 Å². The van der Waals surface area contributed by atoms with Gasteiger partial charge in [-0.2, -0.15) is 0 Å². The average molecular weight is 435 g/mol. The molecular formula is C28H38N2O2. The number of hydrogen-bond acceptors (Lipinski definition) is 3. The molecule has 1 aromatic heterocycles. The molecule has 172 valence electrons. The van der Waals surface area contributed by atoms with Crippen LogP contribution in [0.1, 0.15) is 68.7 Å². The molecule has 2 aromatic rings. The number of ether oxygens (including phenoxy) is 1. The maximum absolute atomic E-state index is 12.3. The number of aromatic nitrogens is 1. The summed E-state index contributed by atoms with van der Waals surface area (Å²) >= 11 is 0. The number of benzene rings is 1. The van der Waals surface area contributed by atoms with Gasteiger partial charge in [0.15, 0.2) is 0 Å². The summed E-state index contributed by atoms with van der Waals surface area (Å²) in [5.41, 5.74) is 4.56. The Hall–Kier alpha value is -2.33. The first-order valence-electron chi connectivity index (χ1n) is 12.4. The van der Waals surface area contributed by atoms with E-state index in [-0.39, 0.29) is 5.56 Å². The van der Waals surface area contributed by atoms with Crippen molar-refractivity contribution in [1.29, 1.82) is 0 Å². The summed E-state index contributed by atoms with van der Waals surface area (Å²) in [6.07, 6.45) is 11.7. The van der Waals surface area contributed by atoms with E-state index in [0.717, 1.165) is 36.3 Å². The first kappa shape index (κ1) is 22.8. The molecule has 2 N–H and O–H groups in total. The number of aromatic amines is 1. The van der Waals surface area contributed by atoms with Crippen LogP contribution < -0.4 is 15.6 Å². The van der Waals surface area contributed by atoms with E-state index in [1.54, 1.807) is 12.7 Å². The first-order chi connectivity index (χ1) is 15.6. The number of aryl methyl sites for hydroxylation is 1. The van der Waals surface area contributed by atoms with Crippen molar-refractivity contribution < 1.29 is 4.74 Å². The van der Waals surface area contributed by atoms with E-state index in [9.17, 15) is 4.79 Å². The summed E-state index contributed by atoms with van der Waals surface area (Å²) in [6, 6.07) is 13.9. The van der Waals surface area contributed by atoms with Crippen LogP contribution in [0.4, 0.5) is 0 Å². The van der Waals surface area contributed by atoms with Gasteiger partial charge in [-0.25, -0.2) is 0 Å². The lowest BCUT2D eigenvalue weighted by atomic mass is 9.82. The third-order valence-electron chi connectivity index (χ3n) is 7.38. The van der Waals surface area contributed by atoms with Crippen LogP contribution in [0.2, 0.25) is 0 Å². The molecular weight excluding hydrogens is 396 g/mol. The van der Waals surface area contributed by atoms with E-state index < -0.39 is 0 Å². The van der Waals surface area contributed by atoms with Gasteiger partial charge in [0.25, 0.3) is 5.56 Å². The largest absolute Gasteiger partial charge is 0.496 e. The Morgan fingerprint density at radius 2 is 1.94 bits per heavy atom. The summed E-state index contributed by atoms with van der Waals surface area (Å²) in [5.74, 6) is 2.15. The normalized spacial score (nSPS) is 25.5.